The molecule has 39 heavy (non-hydrogen) atoms. The van der Waals surface area contributed by atoms with E-state index in [0.29, 0.717) is 34.7 Å². The zero-order valence-corrected chi connectivity index (χ0v) is 20.8. The Morgan fingerprint density at radius 1 is 0.897 bits per heavy atom. The summed E-state index contributed by atoms with van der Waals surface area (Å²) in [5.41, 5.74) is -1.36. The Morgan fingerprint density at radius 3 is 2.03 bits per heavy atom. The van der Waals surface area contributed by atoms with Gasteiger partial charge in [0.25, 0.3) is 5.91 Å². The van der Waals surface area contributed by atoms with Crippen molar-refractivity contribution in [1.82, 2.24) is 5.32 Å². The van der Waals surface area contributed by atoms with Crippen LogP contribution in [0.1, 0.15) is 41.7 Å². The van der Waals surface area contributed by atoms with Gasteiger partial charge < -0.3 is 10.2 Å². The molecular weight excluding hydrogens is 524 g/mol. The maximum Gasteiger partial charge on any atom is 0.416 e. The molecule has 11 heteroatoms. The lowest BCUT2D eigenvalue weighted by Crippen LogP contribution is -2.50. The molecular formula is C28H23F6N3O2. The topological polar surface area (TPSA) is 61.8 Å². The second kappa shape index (κ2) is 10.5. The number of carbonyl (C=O) groups is 2. The number of carbonyl (C=O) groups excluding carboxylic acids is 2. The first-order chi connectivity index (χ1) is 18.3. The first-order valence-corrected chi connectivity index (χ1v) is 11.9. The second-order valence-electron chi connectivity index (χ2n) is 9.22. The van der Waals surface area contributed by atoms with Gasteiger partial charge in [-0.15, -0.1) is 0 Å². The smallest absolute Gasteiger partial charge is 0.326 e. The van der Waals surface area contributed by atoms with E-state index in [0.717, 1.165) is 0 Å². The Morgan fingerprint density at radius 2 is 1.46 bits per heavy atom. The first-order valence-electron chi connectivity index (χ1n) is 11.9. The van der Waals surface area contributed by atoms with Crippen molar-refractivity contribution in [2.24, 2.45) is 4.99 Å². The Bertz CT molecular complexity index is 1380. The zero-order valence-electron chi connectivity index (χ0n) is 20.8. The number of alkyl halides is 6. The highest BCUT2D eigenvalue weighted by Crippen LogP contribution is 2.36. The van der Waals surface area contributed by atoms with Crippen molar-refractivity contribution in [2.45, 2.75) is 44.8 Å². The number of benzene rings is 3. The summed E-state index contributed by atoms with van der Waals surface area (Å²) >= 11 is 0. The van der Waals surface area contributed by atoms with Crippen molar-refractivity contribution < 1.29 is 35.9 Å². The van der Waals surface area contributed by atoms with Crippen molar-refractivity contribution in [3.63, 3.8) is 0 Å². The Labute approximate surface area is 220 Å². The van der Waals surface area contributed by atoms with Crippen molar-refractivity contribution in [2.75, 3.05) is 4.90 Å². The van der Waals surface area contributed by atoms with Crippen LogP contribution < -0.4 is 10.2 Å². The SMILES string of the molecule is CC(C)N1C(=O)[C@H](NC(=O)Cc2cc(C(F)(F)F)cc(C(F)(F)F)c2)N=C(c2ccccc2)c2ccccc21. The van der Waals surface area contributed by atoms with Crippen LogP contribution in [-0.4, -0.2) is 29.7 Å². The van der Waals surface area contributed by atoms with E-state index in [1.54, 1.807) is 68.4 Å². The normalized spacial score (nSPS) is 16.0. The van der Waals surface area contributed by atoms with E-state index in [4.69, 9.17) is 0 Å². The van der Waals surface area contributed by atoms with E-state index < -0.39 is 53.4 Å². The van der Waals surface area contributed by atoms with Gasteiger partial charge in [-0.25, -0.2) is 4.99 Å². The van der Waals surface area contributed by atoms with E-state index in [1.165, 1.54) is 4.90 Å². The predicted molar refractivity (Wildman–Crippen MR) is 133 cm³/mol. The largest absolute Gasteiger partial charge is 0.416 e. The molecule has 1 aliphatic heterocycles. The molecule has 0 spiro atoms. The second-order valence-corrected chi connectivity index (χ2v) is 9.22. The maximum atomic E-state index is 13.6. The fraction of sp³-hybridized carbons (Fsp3) is 0.250. The molecule has 2 amide bonds. The summed E-state index contributed by atoms with van der Waals surface area (Å²) in [4.78, 5) is 32.5. The van der Waals surface area contributed by atoms with Gasteiger partial charge >= 0.3 is 12.4 Å². The summed E-state index contributed by atoms with van der Waals surface area (Å²) in [7, 11) is 0. The molecule has 0 unspecified atom stereocenters. The van der Waals surface area contributed by atoms with Crippen LogP contribution in [0.3, 0.4) is 0 Å². The molecule has 0 aliphatic carbocycles. The number of amides is 2. The van der Waals surface area contributed by atoms with Crippen molar-refractivity contribution in [3.8, 4) is 0 Å². The summed E-state index contributed by atoms with van der Waals surface area (Å²) in [5.74, 6) is -1.57. The summed E-state index contributed by atoms with van der Waals surface area (Å²) in [6.07, 6.45) is -12.4. The fourth-order valence-corrected chi connectivity index (χ4v) is 4.35. The molecule has 204 valence electrons. The van der Waals surface area contributed by atoms with Crippen molar-refractivity contribution >= 4 is 23.2 Å². The minimum absolute atomic E-state index is 0.00953. The van der Waals surface area contributed by atoms with Gasteiger partial charge in [0, 0.05) is 17.2 Å². The van der Waals surface area contributed by atoms with Gasteiger partial charge in [-0.2, -0.15) is 26.3 Å². The molecule has 0 bridgehead atoms. The molecule has 1 N–H and O–H groups in total. The van der Waals surface area contributed by atoms with Crippen LogP contribution in [0.15, 0.2) is 77.8 Å². The van der Waals surface area contributed by atoms with Crippen LogP contribution in [0.5, 0.6) is 0 Å². The molecule has 3 aromatic carbocycles. The summed E-state index contributed by atoms with van der Waals surface area (Å²) in [6, 6.07) is 16.5. The molecule has 0 radical (unpaired) electrons. The van der Waals surface area contributed by atoms with Crippen LogP contribution in [0, 0.1) is 0 Å². The Balaban J connectivity index is 1.72. The van der Waals surface area contributed by atoms with Crippen LogP contribution in [0.25, 0.3) is 0 Å². The van der Waals surface area contributed by atoms with Crippen LogP contribution in [0.4, 0.5) is 32.0 Å². The van der Waals surface area contributed by atoms with E-state index in [-0.39, 0.29) is 12.1 Å². The highest BCUT2D eigenvalue weighted by Gasteiger charge is 2.38. The number of benzodiazepines with no additional fused rings is 1. The fourth-order valence-electron chi connectivity index (χ4n) is 4.35. The Hall–Kier alpha value is -4.15. The molecule has 5 nitrogen and oxygen atoms in total. The molecule has 3 aromatic rings. The van der Waals surface area contributed by atoms with Gasteiger partial charge in [-0.1, -0.05) is 48.5 Å². The lowest BCUT2D eigenvalue weighted by Gasteiger charge is -2.29. The maximum absolute atomic E-state index is 13.6. The third-order valence-electron chi connectivity index (χ3n) is 6.02. The molecule has 4 rings (SSSR count). The van der Waals surface area contributed by atoms with Gasteiger partial charge in [0.15, 0.2) is 0 Å². The summed E-state index contributed by atoms with van der Waals surface area (Å²) < 4.78 is 79.6. The number of hydrogen-bond donors (Lipinski definition) is 1. The monoisotopic (exact) mass is 547 g/mol. The third kappa shape index (κ3) is 6.13. The van der Waals surface area contributed by atoms with E-state index in [2.05, 4.69) is 10.3 Å². The quantitative estimate of drug-likeness (QED) is 0.399. The number of nitrogens with one attached hydrogen (secondary N) is 1. The number of anilines is 1. The average molecular weight is 547 g/mol. The lowest BCUT2D eigenvalue weighted by molar-refractivity contribution is -0.143. The molecule has 0 saturated carbocycles. The van der Waals surface area contributed by atoms with Gasteiger partial charge in [-0.3, -0.25) is 9.59 Å². The van der Waals surface area contributed by atoms with Gasteiger partial charge in [0.2, 0.25) is 12.1 Å². The highest BCUT2D eigenvalue weighted by molar-refractivity contribution is 6.20. The molecule has 1 heterocycles. The molecule has 1 atom stereocenters. The number of halogens is 6. The number of nitrogens with zero attached hydrogens (tertiary/aromatic N) is 2. The van der Waals surface area contributed by atoms with Crippen LogP contribution >= 0.6 is 0 Å². The Kier molecular flexibility index (Phi) is 7.54. The molecule has 0 fully saturated rings. The summed E-state index contributed by atoms with van der Waals surface area (Å²) in [6.45, 7) is 3.53. The van der Waals surface area contributed by atoms with Crippen LogP contribution in [0.2, 0.25) is 0 Å². The van der Waals surface area contributed by atoms with Gasteiger partial charge in [0.05, 0.1) is 28.9 Å². The first kappa shape index (κ1) is 27.9. The van der Waals surface area contributed by atoms with E-state index in [9.17, 15) is 35.9 Å². The average Bonchev–Trinajstić information content (AvgIpc) is 2.97. The lowest BCUT2D eigenvalue weighted by atomic mass is 10.00. The predicted octanol–water partition coefficient (Wildman–Crippen LogP) is 6.00. The minimum Gasteiger partial charge on any atom is -0.326 e. The van der Waals surface area contributed by atoms with Gasteiger partial charge in [-0.05, 0) is 43.7 Å². The number of hydrogen-bond acceptors (Lipinski definition) is 3. The van der Waals surface area contributed by atoms with Crippen molar-refractivity contribution in [1.29, 1.82) is 0 Å². The zero-order chi connectivity index (χ0) is 28.5. The van der Waals surface area contributed by atoms with E-state index >= 15 is 0 Å². The van der Waals surface area contributed by atoms with Crippen LogP contribution in [-0.2, 0) is 28.4 Å². The van der Waals surface area contributed by atoms with E-state index in [1.807, 2.05) is 0 Å². The number of aliphatic imine (C=N–C) groups is 1. The minimum atomic E-state index is -5.05. The molecule has 0 saturated heterocycles. The third-order valence-corrected chi connectivity index (χ3v) is 6.02. The van der Waals surface area contributed by atoms with Crippen molar-refractivity contribution in [3.05, 3.63) is 101 Å². The molecule has 1 aliphatic rings. The molecule has 0 aromatic heterocycles. The standard InChI is InChI=1S/C28H23F6N3O2/c1-16(2)37-22-11-7-6-10-21(22)24(18-8-4-3-5-9-18)36-25(26(37)39)35-23(38)14-17-12-19(27(29,30)31)15-20(13-17)28(32,33)34/h3-13,15-16,25H,14H2,1-2H3,(H,35,38)/t25-/m1/s1. The summed E-state index contributed by atoms with van der Waals surface area (Å²) in [5, 5.41) is 2.41. The highest BCUT2D eigenvalue weighted by atomic mass is 19.4. The number of fused-ring (bicyclic) bond motifs is 1. The number of para-hydroxylation sites is 1. The van der Waals surface area contributed by atoms with Gasteiger partial charge in [0.1, 0.15) is 0 Å². The number of rotatable bonds is 5.